The molecule has 5 nitrogen and oxygen atoms in total. The van der Waals surface area contributed by atoms with E-state index in [0.29, 0.717) is 19.4 Å². The lowest BCUT2D eigenvalue weighted by Gasteiger charge is -2.29. The lowest BCUT2D eigenvalue weighted by Crippen LogP contribution is -2.55. The maximum Gasteiger partial charge on any atom is 0.329 e. The molecule has 5 heteroatoms. The summed E-state index contributed by atoms with van der Waals surface area (Å²) in [6.07, 6.45) is 4.69. The standard InChI is InChI=1S/C17H23NO4/c19-15(13-22-12-14-8-4-3-5-9-14)18-17(16(20)21)10-6-1-2-7-11-17/h3-5,8-9H,1-2,6-7,10-13H2,(H,18,19)(H,20,21). The molecule has 120 valence electrons. The number of aliphatic carboxylic acids is 1. The number of carboxylic acids is 1. The second-order valence-electron chi connectivity index (χ2n) is 5.83. The van der Waals surface area contributed by atoms with Crippen LogP contribution in [-0.4, -0.2) is 29.1 Å². The molecule has 22 heavy (non-hydrogen) atoms. The van der Waals surface area contributed by atoms with Crippen molar-refractivity contribution >= 4 is 11.9 Å². The number of carbonyl (C=O) groups excluding carboxylic acids is 1. The lowest BCUT2D eigenvalue weighted by molar-refractivity contribution is -0.149. The maximum absolute atomic E-state index is 12.0. The van der Waals surface area contributed by atoms with E-state index in [1.54, 1.807) is 0 Å². The molecule has 0 saturated heterocycles. The fourth-order valence-corrected chi connectivity index (χ4v) is 2.86. The van der Waals surface area contributed by atoms with E-state index < -0.39 is 11.5 Å². The van der Waals surface area contributed by atoms with Gasteiger partial charge in [0, 0.05) is 0 Å². The van der Waals surface area contributed by atoms with Crippen molar-refractivity contribution in [1.29, 1.82) is 0 Å². The molecule has 0 heterocycles. The van der Waals surface area contributed by atoms with Gasteiger partial charge < -0.3 is 15.2 Å². The number of hydrogen-bond donors (Lipinski definition) is 2. The van der Waals surface area contributed by atoms with Crippen LogP contribution in [0, 0.1) is 0 Å². The van der Waals surface area contributed by atoms with Crippen molar-refractivity contribution in [1.82, 2.24) is 5.32 Å². The van der Waals surface area contributed by atoms with Gasteiger partial charge in [-0.25, -0.2) is 4.79 Å². The maximum atomic E-state index is 12.0. The Hall–Kier alpha value is -1.88. The molecule has 0 atom stereocenters. The zero-order valence-corrected chi connectivity index (χ0v) is 12.7. The Morgan fingerprint density at radius 3 is 2.32 bits per heavy atom. The Bertz CT molecular complexity index is 493. The molecule has 0 spiro atoms. The second-order valence-corrected chi connectivity index (χ2v) is 5.83. The lowest BCUT2D eigenvalue weighted by atomic mass is 9.90. The smallest absolute Gasteiger partial charge is 0.329 e. The second kappa shape index (κ2) is 7.94. The third-order valence-electron chi connectivity index (χ3n) is 4.09. The summed E-state index contributed by atoms with van der Waals surface area (Å²) in [7, 11) is 0. The molecule has 0 unspecified atom stereocenters. The Kier molecular flexibility index (Phi) is 5.95. The van der Waals surface area contributed by atoms with Crippen molar-refractivity contribution in [2.45, 2.75) is 50.7 Å². The highest BCUT2D eigenvalue weighted by molar-refractivity contribution is 5.87. The van der Waals surface area contributed by atoms with E-state index in [9.17, 15) is 14.7 Å². The van der Waals surface area contributed by atoms with Crippen LogP contribution in [0.15, 0.2) is 30.3 Å². The summed E-state index contributed by atoms with van der Waals surface area (Å²) in [5.74, 6) is -1.30. The molecule has 1 amide bonds. The highest BCUT2D eigenvalue weighted by Crippen LogP contribution is 2.27. The zero-order valence-electron chi connectivity index (χ0n) is 12.7. The van der Waals surface area contributed by atoms with Gasteiger partial charge in [0.15, 0.2) is 0 Å². The van der Waals surface area contributed by atoms with Crippen LogP contribution in [0.3, 0.4) is 0 Å². The Labute approximate surface area is 130 Å². The average Bonchev–Trinajstić information content (AvgIpc) is 2.75. The van der Waals surface area contributed by atoms with Crippen molar-refractivity contribution < 1.29 is 19.4 Å². The monoisotopic (exact) mass is 305 g/mol. The molecule has 0 aromatic heterocycles. The fraction of sp³-hybridized carbons (Fsp3) is 0.529. The van der Waals surface area contributed by atoms with Crippen LogP contribution in [-0.2, 0) is 20.9 Å². The van der Waals surface area contributed by atoms with E-state index in [2.05, 4.69) is 5.32 Å². The highest BCUT2D eigenvalue weighted by atomic mass is 16.5. The van der Waals surface area contributed by atoms with Crippen LogP contribution in [0.1, 0.15) is 44.1 Å². The molecule has 1 aromatic rings. The fourth-order valence-electron chi connectivity index (χ4n) is 2.86. The van der Waals surface area contributed by atoms with Crippen molar-refractivity contribution in [3.8, 4) is 0 Å². The van der Waals surface area contributed by atoms with Crippen molar-refractivity contribution in [2.75, 3.05) is 6.61 Å². The van der Waals surface area contributed by atoms with Crippen molar-refractivity contribution in [3.63, 3.8) is 0 Å². The van der Waals surface area contributed by atoms with Gasteiger partial charge in [0.25, 0.3) is 0 Å². The van der Waals surface area contributed by atoms with E-state index in [-0.39, 0.29) is 12.5 Å². The van der Waals surface area contributed by atoms with Gasteiger partial charge in [-0.1, -0.05) is 56.0 Å². The molecule has 2 N–H and O–H groups in total. The quantitative estimate of drug-likeness (QED) is 0.792. The number of rotatable bonds is 6. The molecule has 1 fully saturated rings. The van der Waals surface area contributed by atoms with E-state index in [0.717, 1.165) is 31.2 Å². The Morgan fingerprint density at radius 1 is 1.09 bits per heavy atom. The predicted octanol–water partition coefficient (Wildman–Crippen LogP) is 2.50. The van der Waals surface area contributed by atoms with Crippen LogP contribution >= 0.6 is 0 Å². The molecule has 1 aliphatic rings. The molecule has 2 rings (SSSR count). The minimum atomic E-state index is -1.12. The first-order valence-electron chi connectivity index (χ1n) is 7.78. The Balaban J connectivity index is 1.84. The summed E-state index contributed by atoms with van der Waals surface area (Å²) in [5.41, 5.74) is -0.137. The van der Waals surface area contributed by atoms with Crippen LogP contribution in [0.5, 0.6) is 0 Å². The van der Waals surface area contributed by atoms with Gasteiger partial charge in [0.05, 0.1) is 6.61 Å². The van der Waals surface area contributed by atoms with E-state index in [1.807, 2.05) is 30.3 Å². The summed E-state index contributed by atoms with van der Waals surface area (Å²) < 4.78 is 5.37. The molecule has 1 aliphatic carbocycles. The third kappa shape index (κ3) is 4.56. The number of ether oxygens (including phenoxy) is 1. The summed E-state index contributed by atoms with van der Waals surface area (Å²) in [6.45, 7) is 0.220. The SMILES string of the molecule is O=C(COCc1ccccc1)NC1(C(=O)O)CCCCCC1. The van der Waals surface area contributed by atoms with Gasteiger partial charge in [0.2, 0.25) is 5.91 Å². The van der Waals surface area contributed by atoms with Gasteiger partial charge in [-0.2, -0.15) is 0 Å². The summed E-state index contributed by atoms with van der Waals surface area (Å²) >= 11 is 0. The molecule has 0 radical (unpaired) electrons. The van der Waals surface area contributed by atoms with Crippen molar-refractivity contribution in [3.05, 3.63) is 35.9 Å². The van der Waals surface area contributed by atoms with Gasteiger partial charge in [0.1, 0.15) is 12.1 Å². The number of amides is 1. The highest BCUT2D eigenvalue weighted by Gasteiger charge is 2.39. The van der Waals surface area contributed by atoms with E-state index in [1.165, 1.54) is 0 Å². The minimum Gasteiger partial charge on any atom is -0.480 e. The molecule has 0 aliphatic heterocycles. The summed E-state index contributed by atoms with van der Waals surface area (Å²) in [4.78, 5) is 23.6. The largest absolute Gasteiger partial charge is 0.480 e. The number of carboxylic acid groups (broad SMARTS) is 1. The van der Waals surface area contributed by atoms with Crippen LogP contribution in [0.4, 0.5) is 0 Å². The number of benzene rings is 1. The molecular formula is C17H23NO4. The van der Waals surface area contributed by atoms with Gasteiger partial charge in [-0.15, -0.1) is 0 Å². The molecule has 1 saturated carbocycles. The Morgan fingerprint density at radius 2 is 1.73 bits per heavy atom. The minimum absolute atomic E-state index is 0.121. The van der Waals surface area contributed by atoms with Gasteiger partial charge in [-0.05, 0) is 18.4 Å². The predicted molar refractivity (Wildman–Crippen MR) is 82.3 cm³/mol. The van der Waals surface area contributed by atoms with Gasteiger partial charge in [-0.3, -0.25) is 4.79 Å². The molecule has 1 aromatic carbocycles. The van der Waals surface area contributed by atoms with Crippen LogP contribution in [0.25, 0.3) is 0 Å². The van der Waals surface area contributed by atoms with E-state index >= 15 is 0 Å². The normalized spacial score (nSPS) is 17.5. The van der Waals surface area contributed by atoms with Crippen molar-refractivity contribution in [2.24, 2.45) is 0 Å². The summed E-state index contributed by atoms with van der Waals surface area (Å²) in [6, 6.07) is 9.57. The molecule has 0 bridgehead atoms. The van der Waals surface area contributed by atoms with Crippen LogP contribution < -0.4 is 5.32 Å². The number of nitrogens with one attached hydrogen (secondary N) is 1. The third-order valence-corrected chi connectivity index (χ3v) is 4.09. The molecular weight excluding hydrogens is 282 g/mol. The number of carbonyl (C=O) groups is 2. The number of hydrogen-bond acceptors (Lipinski definition) is 3. The first-order chi connectivity index (χ1) is 10.6. The van der Waals surface area contributed by atoms with Gasteiger partial charge >= 0.3 is 5.97 Å². The summed E-state index contributed by atoms with van der Waals surface area (Å²) in [5, 5.41) is 12.2. The topological polar surface area (TPSA) is 75.6 Å². The first kappa shape index (κ1) is 16.5. The van der Waals surface area contributed by atoms with E-state index in [4.69, 9.17) is 4.74 Å². The average molecular weight is 305 g/mol. The first-order valence-corrected chi connectivity index (χ1v) is 7.78. The van der Waals surface area contributed by atoms with Crippen LogP contribution in [0.2, 0.25) is 0 Å². The zero-order chi connectivity index (χ0) is 15.8.